The van der Waals surface area contributed by atoms with Crippen LogP contribution in [-0.2, 0) is 4.79 Å². The third kappa shape index (κ3) is 2.62. The maximum atomic E-state index is 11.3. The van der Waals surface area contributed by atoms with E-state index in [1.807, 2.05) is 0 Å². The normalized spacial score (nSPS) is 12.1. The fourth-order valence-electron chi connectivity index (χ4n) is 0.900. The average Bonchev–Trinajstić information content (AvgIpc) is 2.66. The Kier molecular flexibility index (Phi) is 3.28. The molecule has 0 saturated carbocycles. The number of hydrogen-bond acceptors (Lipinski definition) is 2. The van der Waals surface area contributed by atoms with E-state index in [1.165, 1.54) is 6.92 Å². The number of aliphatic carboxylic acids is 1. The van der Waals surface area contributed by atoms with Crippen molar-refractivity contribution in [2.45, 2.75) is 6.92 Å². The molecule has 5 heteroatoms. The molecule has 1 aromatic rings. The number of rotatable bonds is 4. The van der Waals surface area contributed by atoms with Gasteiger partial charge in [0.05, 0.1) is 5.92 Å². The molecule has 1 heterocycles. The number of carboxylic acids is 1. The van der Waals surface area contributed by atoms with Crippen molar-refractivity contribution in [3.05, 3.63) is 24.0 Å². The van der Waals surface area contributed by atoms with Crippen LogP contribution in [0.5, 0.6) is 0 Å². The van der Waals surface area contributed by atoms with Crippen LogP contribution in [0.25, 0.3) is 0 Å². The van der Waals surface area contributed by atoms with Crippen LogP contribution >= 0.6 is 0 Å². The van der Waals surface area contributed by atoms with Crippen molar-refractivity contribution in [3.63, 3.8) is 0 Å². The SMILES string of the molecule is CC(CNC(=O)c1ccc[nH]1)C(=O)O. The maximum absolute atomic E-state index is 11.3. The number of hydrogen-bond donors (Lipinski definition) is 3. The molecule has 14 heavy (non-hydrogen) atoms. The highest BCUT2D eigenvalue weighted by Gasteiger charge is 2.12. The van der Waals surface area contributed by atoms with Gasteiger partial charge in [0.1, 0.15) is 5.69 Å². The zero-order chi connectivity index (χ0) is 10.6. The van der Waals surface area contributed by atoms with E-state index in [1.54, 1.807) is 18.3 Å². The third-order valence-corrected chi connectivity index (χ3v) is 1.83. The zero-order valence-electron chi connectivity index (χ0n) is 7.78. The summed E-state index contributed by atoms with van der Waals surface area (Å²) in [5.74, 6) is -1.78. The number of carboxylic acid groups (broad SMARTS) is 1. The molecule has 0 aromatic carbocycles. The van der Waals surface area contributed by atoms with E-state index in [0.717, 1.165) is 0 Å². The number of aromatic nitrogens is 1. The Morgan fingerprint density at radius 1 is 1.64 bits per heavy atom. The molecule has 0 fully saturated rings. The first-order valence-electron chi connectivity index (χ1n) is 4.25. The first-order chi connectivity index (χ1) is 6.61. The van der Waals surface area contributed by atoms with Crippen molar-refractivity contribution in [3.8, 4) is 0 Å². The summed E-state index contributed by atoms with van der Waals surface area (Å²) in [5, 5.41) is 11.1. The van der Waals surface area contributed by atoms with Crippen molar-refractivity contribution >= 4 is 11.9 Å². The average molecular weight is 196 g/mol. The van der Waals surface area contributed by atoms with Gasteiger partial charge in [0.25, 0.3) is 5.91 Å². The first kappa shape index (κ1) is 10.3. The molecule has 1 unspecified atom stereocenters. The summed E-state index contributed by atoms with van der Waals surface area (Å²) in [6, 6.07) is 3.33. The Labute approximate surface area is 81.1 Å². The summed E-state index contributed by atoms with van der Waals surface area (Å²) in [5.41, 5.74) is 0.433. The highest BCUT2D eigenvalue weighted by Crippen LogP contribution is 1.96. The molecule has 0 bridgehead atoms. The third-order valence-electron chi connectivity index (χ3n) is 1.83. The van der Waals surface area contributed by atoms with Gasteiger partial charge in [-0.2, -0.15) is 0 Å². The van der Waals surface area contributed by atoms with Gasteiger partial charge in [0.15, 0.2) is 0 Å². The Hall–Kier alpha value is -1.78. The monoisotopic (exact) mass is 196 g/mol. The predicted molar refractivity (Wildman–Crippen MR) is 49.9 cm³/mol. The molecule has 0 spiro atoms. The molecule has 1 amide bonds. The number of aromatic amines is 1. The lowest BCUT2D eigenvalue weighted by Gasteiger charge is -2.06. The molecule has 3 N–H and O–H groups in total. The lowest BCUT2D eigenvalue weighted by atomic mass is 10.2. The standard InChI is InChI=1S/C9H12N2O3/c1-6(9(13)14)5-11-8(12)7-3-2-4-10-7/h2-4,6,10H,5H2,1H3,(H,11,12)(H,13,14). The van der Waals surface area contributed by atoms with Crippen LogP contribution in [0.1, 0.15) is 17.4 Å². The van der Waals surface area contributed by atoms with Crippen molar-refractivity contribution in [2.75, 3.05) is 6.54 Å². The second kappa shape index (κ2) is 4.45. The van der Waals surface area contributed by atoms with Crippen molar-refractivity contribution in [2.24, 2.45) is 5.92 Å². The number of carbonyl (C=O) groups is 2. The van der Waals surface area contributed by atoms with Crippen LogP contribution < -0.4 is 5.32 Å². The lowest BCUT2D eigenvalue weighted by Crippen LogP contribution is -2.31. The van der Waals surface area contributed by atoms with Crippen molar-refractivity contribution in [1.29, 1.82) is 0 Å². The van der Waals surface area contributed by atoms with Crippen LogP contribution in [0, 0.1) is 5.92 Å². The molecule has 0 saturated heterocycles. The highest BCUT2D eigenvalue weighted by atomic mass is 16.4. The fourth-order valence-corrected chi connectivity index (χ4v) is 0.900. The van der Waals surface area contributed by atoms with E-state index in [4.69, 9.17) is 5.11 Å². The molecule has 1 rings (SSSR count). The molecule has 76 valence electrons. The van der Waals surface area contributed by atoms with Crippen LogP contribution in [0.15, 0.2) is 18.3 Å². The van der Waals surface area contributed by atoms with Crippen LogP contribution in [0.3, 0.4) is 0 Å². The molecule has 5 nitrogen and oxygen atoms in total. The van der Waals surface area contributed by atoms with Crippen LogP contribution in [0.2, 0.25) is 0 Å². The number of carbonyl (C=O) groups excluding carboxylic acids is 1. The van der Waals surface area contributed by atoms with Crippen LogP contribution in [0.4, 0.5) is 0 Å². The largest absolute Gasteiger partial charge is 0.481 e. The van der Waals surface area contributed by atoms with Gasteiger partial charge in [-0.05, 0) is 12.1 Å². The molecular formula is C9H12N2O3. The number of amides is 1. The lowest BCUT2D eigenvalue weighted by molar-refractivity contribution is -0.140. The fraction of sp³-hybridized carbons (Fsp3) is 0.333. The second-order valence-electron chi connectivity index (χ2n) is 3.03. The summed E-state index contributed by atoms with van der Waals surface area (Å²) in [7, 11) is 0. The quantitative estimate of drug-likeness (QED) is 0.654. The summed E-state index contributed by atoms with van der Waals surface area (Å²) >= 11 is 0. The molecule has 0 radical (unpaired) electrons. The van der Waals surface area contributed by atoms with E-state index < -0.39 is 11.9 Å². The predicted octanol–water partition coefficient (Wildman–Crippen LogP) is 0.465. The molecule has 0 aliphatic heterocycles. The van der Waals surface area contributed by atoms with Gasteiger partial charge in [0, 0.05) is 12.7 Å². The molecule has 0 aliphatic carbocycles. The van der Waals surface area contributed by atoms with Crippen LogP contribution in [-0.4, -0.2) is 28.5 Å². The molecule has 0 aliphatic rings. The van der Waals surface area contributed by atoms with E-state index in [9.17, 15) is 9.59 Å². The Morgan fingerprint density at radius 3 is 2.86 bits per heavy atom. The molecule has 1 atom stereocenters. The van der Waals surface area contributed by atoms with Gasteiger partial charge >= 0.3 is 5.97 Å². The minimum absolute atomic E-state index is 0.132. The van der Waals surface area contributed by atoms with Gasteiger partial charge in [-0.3, -0.25) is 9.59 Å². The summed E-state index contributed by atoms with van der Waals surface area (Å²) in [6.45, 7) is 1.67. The van der Waals surface area contributed by atoms with Gasteiger partial charge < -0.3 is 15.4 Å². The topological polar surface area (TPSA) is 82.2 Å². The minimum atomic E-state index is -0.920. The molecule has 1 aromatic heterocycles. The van der Waals surface area contributed by atoms with Gasteiger partial charge in [-0.15, -0.1) is 0 Å². The summed E-state index contributed by atoms with van der Waals surface area (Å²) < 4.78 is 0. The van der Waals surface area contributed by atoms with Gasteiger partial charge in [0.2, 0.25) is 0 Å². The summed E-state index contributed by atoms with van der Waals surface area (Å²) in [4.78, 5) is 24.5. The van der Waals surface area contributed by atoms with E-state index in [2.05, 4.69) is 10.3 Å². The van der Waals surface area contributed by atoms with E-state index in [0.29, 0.717) is 5.69 Å². The van der Waals surface area contributed by atoms with Gasteiger partial charge in [-0.1, -0.05) is 6.92 Å². The minimum Gasteiger partial charge on any atom is -0.481 e. The highest BCUT2D eigenvalue weighted by molar-refractivity contribution is 5.92. The Morgan fingerprint density at radius 2 is 2.36 bits per heavy atom. The molecular weight excluding hydrogens is 184 g/mol. The van der Waals surface area contributed by atoms with E-state index >= 15 is 0 Å². The number of nitrogens with one attached hydrogen (secondary N) is 2. The van der Waals surface area contributed by atoms with Gasteiger partial charge in [-0.25, -0.2) is 0 Å². The Bertz CT molecular complexity index is 319. The number of H-pyrrole nitrogens is 1. The van der Waals surface area contributed by atoms with Crippen molar-refractivity contribution < 1.29 is 14.7 Å². The Balaban J connectivity index is 2.40. The maximum Gasteiger partial charge on any atom is 0.308 e. The summed E-state index contributed by atoms with van der Waals surface area (Å²) in [6.07, 6.45) is 1.63. The second-order valence-corrected chi connectivity index (χ2v) is 3.03. The first-order valence-corrected chi connectivity index (χ1v) is 4.25. The zero-order valence-corrected chi connectivity index (χ0v) is 7.78. The van der Waals surface area contributed by atoms with Crippen molar-refractivity contribution in [1.82, 2.24) is 10.3 Å². The van der Waals surface area contributed by atoms with E-state index in [-0.39, 0.29) is 12.5 Å². The smallest absolute Gasteiger partial charge is 0.308 e.